The molecule has 0 bridgehead atoms. The number of benzene rings is 3. The number of aromatic nitrogens is 2. The topological polar surface area (TPSA) is 45.9 Å². The van der Waals surface area contributed by atoms with Crippen molar-refractivity contribution in [2.24, 2.45) is 0 Å². The van der Waals surface area contributed by atoms with E-state index in [-0.39, 0.29) is 10.8 Å². The van der Waals surface area contributed by atoms with Gasteiger partial charge in [0.05, 0.1) is 6.57 Å². The molecule has 4 heterocycles. The number of pyridine rings is 2. The van der Waals surface area contributed by atoms with Crippen LogP contribution in [-0.2, 0) is 23.7 Å². The molecule has 3 aromatic carbocycles. The van der Waals surface area contributed by atoms with Crippen molar-refractivity contribution >= 4 is 28.7 Å². The van der Waals surface area contributed by atoms with Crippen molar-refractivity contribution in [1.82, 2.24) is 9.97 Å². The molecule has 0 aliphatic carbocycles. The predicted molar refractivity (Wildman–Crippen MR) is 196 cm³/mol. The Kier molecular flexibility index (Phi) is 8.17. The molecule has 0 N–H and O–H groups in total. The maximum absolute atomic E-state index is 8.07. The summed E-state index contributed by atoms with van der Waals surface area (Å²) in [6, 6.07) is 29.6. The average molecular weight is 634 g/mol. The van der Waals surface area contributed by atoms with Crippen LogP contribution in [0.4, 0.5) is 28.7 Å². The van der Waals surface area contributed by atoms with Crippen molar-refractivity contribution in [3.05, 3.63) is 137 Å². The lowest BCUT2D eigenvalue weighted by Crippen LogP contribution is -2.26. The molecule has 0 saturated carbocycles. The van der Waals surface area contributed by atoms with Crippen molar-refractivity contribution in [3.8, 4) is 11.5 Å². The highest BCUT2D eigenvalue weighted by Crippen LogP contribution is 2.44. The molecule has 0 radical (unpaired) electrons. The fourth-order valence-electron chi connectivity index (χ4n) is 7.05. The summed E-state index contributed by atoms with van der Waals surface area (Å²) in [4.78, 5) is 18.2. The first-order chi connectivity index (χ1) is 23.1. The summed E-state index contributed by atoms with van der Waals surface area (Å²) in [6.07, 6.45) is 7.73. The zero-order valence-corrected chi connectivity index (χ0v) is 28.6. The third-order valence-electron chi connectivity index (χ3n) is 9.93. The van der Waals surface area contributed by atoms with E-state index in [2.05, 4.69) is 122 Å². The third kappa shape index (κ3) is 6.02. The van der Waals surface area contributed by atoms with E-state index in [0.29, 0.717) is 11.4 Å². The number of anilines is 4. The molecule has 0 saturated heterocycles. The zero-order valence-electron chi connectivity index (χ0n) is 28.6. The van der Waals surface area contributed by atoms with Crippen LogP contribution in [0.5, 0.6) is 11.5 Å². The molecule has 242 valence electrons. The molecular weight excluding hydrogens is 590 g/mol. The number of fused-ring (bicyclic) bond motifs is 2. The van der Waals surface area contributed by atoms with Crippen LogP contribution >= 0.6 is 0 Å². The van der Waals surface area contributed by atoms with Crippen molar-refractivity contribution < 1.29 is 4.74 Å². The second-order valence-electron chi connectivity index (χ2n) is 14.5. The third-order valence-corrected chi connectivity index (χ3v) is 9.93. The molecule has 48 heavy (non-hydrogen) atoms. The Labute approximate surface area is 284 Å². The van der Waals surface area contributed by atoms with Gasteiger partial charge in [-0.05, 0) is 95.3 Å². The normalized spacial score (nSPS) is 14.6. The van der Waals surface area contributed by atoms with Gasteiger partial charge in [-0.3, -0.25) is 0 Å². The van der Waals surface area contributed by atoms with Crippen molar-refractivity contribution in [1.29, 1.82) is 0 Å². The quantitative estimate of drug-likeness (QED) is 0.174. The lowest BCUT2D eigenvalue weighted by molar-refractivity contribution is 0.482. The highest BCUT2D eigenvalue weighted by molar-refractivity contribution is 5.76. The molecule has 2 aliphatic rings. The molecule has 6 heteroatoms. The van der Waals surface area contributed by atoms with Crippen LogP contribution in [-0.4, -0.2) is 23.1 Å². The van der Waals surface area contributed by atoms with Crippen molar-refractivity contribution in [2.75, 3.05) is 22.9 Å². The fraction of sp³-hybridized carbons (Fsp3) is 0.310. The molecule has 2 aromatic heterocycles. The van der Waals surface area contributed by atoms with Crippen molar-refractivity contribution in [2.45, 2.75) is 71.1 Å². The number of ether oxygens (including phenoxy) is 1. The van der Waals surface area contributed by atoms with Gasteiger partial charge in [0.1, 0.15) is 23.1 Å². The number of hydrogen-bond donors (Lipinski definition) is 0. The lowest BCUT2D eigenvalue weighted by atomic mass is 9.78. The molecule has 6 nitrogen and oxygen atoms in total. The van der Waals surface area contributed by atoms with Gasteiger partial charge in [-0.25, -0.2) is 14.8 Å². The largest absolute Gasteiger partial charge is 0.459 e. The Bertz CT molecular complexity index is 2000. The van der Waals surface area contributed by atoms with Gasteiger partial charge < -0.3 is 14.5 Å². The second-order valence-corrected chi connectivity index (χ2v) is 14.5. The Balaban J connectivity index is 1.22. The van der Waals surface area contributed by atoms with Crippen LogP contribution < -0.4 is 14.5 Å². The minimum absolute atomic E-state index is 0.0388. The number of rotatable bonds is 6. The summed E-state index contributed by atoms with van der Waals surface area (Å²) in [5, 5.41) is 0. The van der Waals surface area contributed by atoms with E-state index in [1.165, 1.54) is 22.3 Å². The van der Waals surface area contributed by atoms with E-state index in [1.807, 2.05) is 24.5 Å². The smallest absolute Gasteiger partial charge is 0.196 e. The molecule has 0 fully saturated rings. The van der Waals surface area contributed by atoms with Crippen LogP contribution in [0.15, 0.2) is 97.3 Å². The number of hydrogen-bond acceptors (Lipinski definition) is 5. The van der Waals surface area contributed by atoms with E-state index in [1.54, 1.807) is 0 Å². The molecule has 0 atom stereocenters. The van der Waals surface area contributed by atoms with Gasteiger partial charge >= 0.3 is 0 Å². The fourth-order valence-corrected chi connectivity index (χ4v) is 7.05. The summed E-state index contributed by atoms with van der Waals surface area (Å²) in [5.74, 6) is 3.25. The van der Waals surface area contributed by atoms with E-state index in [0.717, 1.165) is 73.1 Å². The van der Waals surface area contributed by atoms with Crippen LogP contribution in [0.25, 0.3) is 4.85 Å². The first kappa shape index (κ1) is 31.4. The highest BCUT2D eigenvalue weighted by atomic mass is 16.5. The summed E-state index contributed by atoms with van der Waals surface area (Å²) in [5.41, 5.74) is 8.68. The molecule has 2 aliphatic heterocycles. The summed E-state index contributed by atoms with van der Waals surface area (Å²) in [6.45, 7) is 21.0. The minimum atomic E-state index is -0.186. The molecule has 0 spiro atoms. The van der Waals surface area contributed by atoms with Crippen LogP contribution in [0.3, 0.4) is 0 Å². The van der Waals surface area contributed by atoms with Gasteiger partial charge in [-0.2, -0.15) is 0 Å². The Morgan fingerprint density at radius 1 is 0.667 bits per heavy atom. The zero-order chi connectivity index (χ0) is 33.5. The molecule has 0 amide bonds. The minimum Gasteiger partial charge on any atom is -0.459 e. The van der Waals surface area contributed by atoms with Gasteiger partial charge in [0.25, 0.3) is 0 Å². The van der Waals surface area contributed by atoms with E-state index < -0.39 is 0 Å². The number of aryl methyl sites for hydroxylation is 1. The Morgan fingerprint density at radius 3 is 2.02 bits per heavy atom. The molecular formula is C42H43N5O. The summed E-state index contributed by atoms with van der Waals surface area (Å²) >= 11 is 0. The first-order valence-corrected chi connectivity index (χ1v) is 17.0. The van der Waals surface area contributed by atoms with E-state index in [4.69, 9.17) is 21.3 Å². The van der Waals surface area contributed by atoms with Gasteiger partial charge in [0.15, 0.2) is 5.69 Å². The highest BCUT2D eigenvalue weighted by Gasteiger charge is 2.28. The van der Waals surface area contributed by atoms with Gasteiger partial charge in [-0.15, -0.1) is 0 Å². The van der Waals surface area contributed by atoms with Crippen LogP contribution in [0.1, 0.15) is 75.3 Å². The van der Waals surface area contributed by atoms with Crippen molar-refractivity contribution in [3.63, 3.8) is 0 Å². The SMILES string of the molecule is [C-]#[N+]c1cc(Oc2ccc3c(c2)N(c2cc(C(C)(C)C)ccn2)CCC3)cc2c1CCCN2c1cc(C(C)(C)c2ccccc2)ccn1. The van der Waals surface area contributed by atoms with Gasteiger partial charge in [-0.1, -0.05) is 71.0 Å². The van der Waals surface area contributed by atoms with Crippen LogP contribution in [0.2, 0.25) is 0 Å². The van der Waals surface area contributed by atoms with Gasteiger partial charge in [0, 0.05) is 54.4 Å². The summed E-state index contributed by atoms with van der Waals surface area (Å²) < 4.78 is 6.60. The maximum atomic E-state index is 8.07. The Morgan fingerprint density at radius 2 is 1.31 bits per heavy atom. The first-order valence-electron chi connectivity index (χ1n) is 17.0. The standard InChI is InChI=1S/C42H43N5O/c1-41(2,3)31-18-20-44-39(24-31)46-22-10-12-29-16-17-33(27-37(29)46)48-34-26-36(43-6)35-15-11-23-47(38(35)28-34)40-25-32(19-21-45-40)42(4,5)30-13-8-7-9-14-30/h7-9,13-14,16-21,24-28H,10-12,15,22-23H2,1-5H3. The second kappa shape index (κ2) is 12.5. The molecule has 7 rings (SSSR count). The van der Waals surface area contributed by atoms with E-state index in [9.17, 15) is 0 Å². The predicted octanol–water partition coefficient (Wildman–Crippen LogP) is 10.6. The molecule has 0 unspecified atom stereocenters. The van der Waals surface area contributed by atoms with Gasteiger partial charge in [0.2, 0.25) is 0 Å². The van der Waals surface area contributed by atoms with Crippen LogP contribution in [0, 0.1) is 6.57 Å². The number of nitrogens with zero attached hydrogens (tertiary/aromatic N) is 5. The lowest BCUT2D eigenvalue weighted by Gasteiger charge is -2.33. The maximum Gasteiger partial charge on any atom is 0.196 e. The molecule has 5 aromatic rings. The van der Waals surface area contributed by atoms with E-state index >= 15 is 0 Å². The monoisotopic (exact) mass is 633 g/mol. The summed E-state index contributed by atoms with van der Waals surface area (Å²) in [7, 11) is 0. The average Bonchev–Trinajstić information content (AvgIpc) is 3.11. The Hall–Kier alpha value is -5.15.